The number of nitrogens with one attached hydrogen (secondary N) is 2. The summed E-state index contributed by atoms with van der Waals surface area (Å²) in [4.78, 5) is 13.5. The van der Waals surface area contributed by atoms with Crippen LogP contribution in [0.5, 0.6) is 5.75 Å². The number of hydrogen-bond donors (Lipinski definition) is 2. The molecule has 3 aromatic carbocycles. The zero-order chi connectivity index (χ0) is 23.7. The summed E-state index contributed by atoms with van der Waals surface area (Å²) in [6, 6.07) is 20.7. The van der Waals surface area contributed by atoms with Crippen molar-refractivity contribution in [3.63, 3.8) is 0 Å². The van der Waals surface area contributed by atoms with Crippen LogP contribution in [0.3, 0.4) is 0 Å². The second-order valence-electron chi connectivity index (χ2n) is 7.41. The summed E-state index contributed by atoms with van der Waals surface area (Å²) in [6.07, 6.45) is -4.85. The Bertz CT molecular complexity index is 1470. The van der Waals surface area contributed by atoms with E-state index >= 15 is 0 Å². The van der Waals surface area contributed by atoms with E-state index in [9.17, 15) is 13.2 Å². The van der Waals surface area contributed by atoms with Gasteiger partial charge in [-0.1, -0.05) is 54.6 Å². The maximum Gasteiger partial charge on any atom is 0.573 e. The summed E-state index contributed by atoms with van der Waals surface area (Å²) < 4.78 is 43.1. The summed E-state index contributed by atoms with van der Waals surface area (Å²) in [6.45, 7) is 1.86. The van der Waals surface area contributed by atoms with Gasteiger partial charge in [-0.3, -0.25) is 5.10 Å². The standard InChI is InChI=1S/C24H17F3N6O/c1-14-8-7-12-17-19(14)28-21(16-11-5-6-13-18(16)34-24(25,26)27)29-22(17)31-23-30-20(32-33-23)15-9-3-2-4-10-15/h2-13H,1H3,(H2,28,29,30,31,32,33). The van der Waals surface area contributed by atoms with Crippen molar-refractivity contribution in [3.8, 4) is 28.5 Å². The Morgan fingerprint density at radius 3 is 2.41 bits per heavy atom. The van der Waals surface area contributed by atoms with E-state index in [0.717, 1.165) is 11.1 Å². The fourth-order valence-electron chi connectivity index (χ4n) is 3.52. The third-order valence-corrected chi connectivity index (χ3v) is 5.04. The molecule has 0 atom stereocenters. The van der Waals surface area contributed by atoms with Gasteiger partial charge in [-0.05, 0) is 30.7 Å². The van der Waals surface area contributed by atoms with Crippen LogP contribution in [0.4, 0.5) is 24.9 Å². The summed E-state index contributed by atoms with van der Waals surface area (Å²) in [7, 11) is 0. The van der Waals surface area contributed by atoms with Gasteiger partial charge in [-0.25, -0.2) is 9.97 Å². The Kier molecular flexibility index (Phi) is 5.33. The van der Waals surface area contributed by atoms with Crippen LogP contribution >= 0.6 is 0 Å². The molecule has 2 heterocycles. The van der Waals surface area contributed by atoms with E-state index in [1.54, 1.807) is 6.07 Å². The van der Waals surface area contributed by atoms with Crippen molar-refractivity contribution < 1.29 is 17.9 Å². The lowest BCUT2D eigenvalue weighted by Gasteiger charge is -2.14. The smallest absolute Gasteiger partial charge is 0.405 e. The van der Waals surface area contributed by atoms with E-state index in [0.29, 0.717) is 22.5 Å². The second-order valence-corrected chi connectivity index (χ2v) is 7.41. The fraction of sp³-hybridized carbons (Fsp3) is 0.0833. The zero-order valence-electron chi connectivity index (χ0n) is 17.8. The highest BCUT2D eigenvalue weighted by molar-refractivity contribution is 5.94. The highest BCUT2D eigenvalue weighted by atomic mass is 19.4. The first-order chi connectivity index (χ1) is 16.4. The lowest BCUT2D eigenvalue weighted by Crippen LogP contribution is -2.17. The molecule has 0 unspecified atom stereocenters. The van der Waals surface area contributed by atoms with Gasteiger partial charge in [0.25, 0.3) is 0 Å². The van der Waals surface area contributed by atoms with Gasteiger partial charge in [0.1, 0.15) is 11.6 Å². The molecule has 10 heteroatoms. The van der Waals surface area contributed by atoms with E-state index < -0.39 is 12.1 Å². The molecule has 5 aromatic rings. The molecule has 0 aliphatic carbocycles. The number of rotatable bonds is 5. The lowest BCUT2D eigenvalue weighted by molar-refractivity contribution is -0.274. The number of hydrogen-bond acceptors (Lipinski definition) is 6. The van der Waals surface area contributed by atoms with Crippen LogP contribution < -0.4 is 10.1 Å². The van der Waals surface area contributed by atoms with Crippen molar-refractivity contribution in [3.05, 3.63) is 78.4 Å². The Morgan fingerprint density at radius 2 is 1.62 bits per heavy atom. The summed E-state index contributed by atoms with van der Waals surface area (Å²) in [5.74, 6) is 0.846. The van der Waals surface area contributed by atoms with Gasteiger partial charge in [0.15, 0.2) is 11.6 Å². The number of para-hydroxylation sites is 2. The molecule has 0 amide bonds. The number of ether oxygens (including phenoxy) is 1. The SMILES string of the molecule is Cc1cccc2c(Nc3n[nH]c(-c4ccccc4)n3)nc(-c3ccccc3OC(F)(F)F)nc12. The number of anilines is 2. The Labute approximate surface area is 191 Å². The number of aryl methyl sites for hydroxylation is 1. The van der Waals surface area contributed by atoms with Crippen LogP contribution in [0.15, 0.2) is 72.8 Å². The van der Waals surface area contributed by atoms with Crippen molar-refractivity contribution in [2.75, 3.05) is 5.32 Å². The molecule has 170 valence electrons. The van der Waals surface area contributed by atoms with Crippen molar-refractivity contribution in [1.29, 1.82) is 0 Å². The number of halogens is 3. The largest absolute Gasteiger partial charge is 0.573 e. The minimum Gasteiger partial charge on any atom is -0.405 e. The Balaban J connectivity index is 1.60. The van der Waals surface area contributed by atoms with Crippen molar-refractivity contribution in [2.45, 2.75) is 13.3 Å². The minimum atomic E-state index is -4.85. The van der Waals surface area contributed by atoms with Gasteiger partial charge in [-0.15, -0.1) is 18.3 Å². The first-order valence-corrected chi connectivity index (χ1v) is 10.2. The highest BCUT2D eigenvalue weighted by Crippen LogP contribution is 2.35. The molecule has 2 N–H and O–H groups in total. The quantitative estimate of drug-likeness (QED) is 0.331. The molecule has 7 nitrogen and oxygen atoms in total. The van der Waals surface area contributed by atoms with Crippen LogP contribution in [0.2, 0.25) is 0 Å². The number of benzene rings is 3. The molecule has 34 heavy (non-hydrogen) atoms. The number of aromatic amines is 1. The van der Waals surface area contributed by atoms with Gasteiger partial charge >= 0.3 is 6.36 Å². The van der Waals surface area contributed by atoms with Gasteiger partial charge in [-0.2, -0.15) is 4.98 Å². The fourth-order valence-corrected chi connectivity index (χ4v) is 3.52. The number of alkyl halides is 3. The second kappa shape index (κ2) is 8.47. The van der Waals surface area contributed by atoms with Crippen LogP contribution in [0.25, 0.3) is 33.7 Å². The third-order valence-electron chi connectivity index (χ3n) is 5.04. The molecule has 0 saturated carbocycles. The van der Waals surface area contributed by atoms with Crippen LogP contribution in [-0.2, 0) is 0 Å². The first kappa shape index (κ1) is 21.4. The van der Waals surface area contributed by atoms with E-state index in [1.807, 2.05) is 55.5 Å². The lowest BCUT2D eigenvalue weighted by atomic mass is 10.1. The topological polar surface area (TPSA) is 88.6 Å². The average molecular weight is 462 g/mol. The maximum atomic E-state index is 13.0. The molecule has 0 aliphatic rings. The van der Waals surface area contributed by atoms with Crippen molar-refractivity contribution in [2.24, 2.45) is 0 Å². The maximum absolute atomic E-state index is 13.0. The van der Waals surface area contributed by atoms with Crippen LogP contribution in [0.1, 0.15) is 5.56 Å². The number of H-pyrrole nitrogens is 1. The molecule has 2 aromatic heterocycles. The van der Waals surface area contributed by atoms with Crippen LogP contribution in [0, 0.1) is 6.92 Å². The van der Waals surface area contributed by atoms with Crippen molar-refractivity contribution in [1.82, 2.24) is 25.1 Å². The predicted molar refractivity (Wildman–Crippen MR) is 121 cm³/mol. The molecule has 0 spiro atoms. The first-order valence-electron chi connectivity index (χ1n) is 10.2. The molecule has 0 bridgehead atoms. The number of aromatic nitrogens is 5. The van der Waals surface area contributed by atoms with E-state index in [4.69, 9.17) is 0 Å². The average Bonchev–Trinajstić information content (AvgIpc) is 3.28. The van der Waals surface area contributed by atoms with E-state index in [1.165, 1.54) is 18.2 Å². The summed E-state index contributed by atoms with van der Waals surface area (Å²) in [5, 5.41) is 10.8. The molecule has 0 aliphatic heterocycles. The Morgan fingerprint density at radius 1 is 0.853 bits per heavy atom. The van der Waals surface area contributed by atoms with Crippen LogP contribution in [-0.4, -0.2) is 31.5 Å². The molecule has 0 radical (unpaired) electrons. The summed E-state index contributed by atoms with van der Waals surface area (Å²) >= 11 is 0. The molecular formula is C24H17F3N6O. The zero-order valence-corrected chi connectivity index (χ0v) is 17.8. The van der Waals surface area contributed by atoms with Gasteiger partial charge in [0, 0.05) is 10.9 Å². The third kappa shape index (κ3) is 4.38. The molecule has 0 fully saturated rings. The number of nitrogens with zero attached hydrogens (tertiary/aromatic N) is 4. The predicted octanol–water partition coefficient (Wildman–Crippen LogP) is 6.03. The highest BCUT2D eigenvalue weighted by Gasteiger charge is 2.32. The normalized spacial score (nSPS) is 11.5. The van der Waals surface area contributed by atoms with Gasteiger partial charge < -0.3 is 10.1 Å². The number of fused-ring (bicyclic) bond motifs is 1. The monoisotopic (exact) mass is 462 g/mol. The van der Waals surface area contributed by atoms with E-state index in [-0.39, 0.29) is 17.3 Å². The molecule has 5 rings (SSSR count). The van der Waals surface area contributed by atoms with Gasteiger partial charge in [0.05, 0.1) is 11.1 Å². The molecular weight excluding hydrogens is 445 g/mol. The van der Waals surface area contributed by atoms with E-state index in [2.05, 4.69) is 35.2 Å². The van der Waals surface area contributed by atoms with Gasteiger partial charge in [0.2, 0.25) is 5.95 Å². The summed E-state index contributed by atoms with van der Waals surface area (Å²) in [5.41, 5.74) is 2.37. The minimum absolute atomic E-state index is 0.0722. The Hall–Kier alpha value is -4.47. The van der Waals surface area contributed by atoms with Crippen molar-refractivity contribution >= 4 is 22.7 Å². The molecule has 0 saturated heterocycles.